The number of fused-ring (bicyclic) bond motifs is 2. The lowest BCUT2D eigenvalue weighted by Gasteiger charge is -2.37. The summed E-state index contributed by atoms with van der Waals surface area (Å²) in [6.07, 6.45) is 6.94. The van der Waals surface area contributed by atoms with Gasteiger partial charge >= 0.3 is 0 Å². The molecule has 8 heteroatoms. The van der Waals surface area contributed by atoms with Gasteiger partial charge in [-0.3, -0.25) is 14.3 Å². The van der Waals surface area contributed by atoms with E-state index in [1.165, 1.54) is 19.3 Å². The standard InChI is InChI=1S/C29H39N3O5/c1-4-36-29-22(11-8-14-33)23(17-25(37-29)27(34)30-24-16-19-12-13-20(24)15-19)26-18(2)31(3)32(28(26)35)21-9-6-5-7-10-21/h5-7,9-10,17,19-20,22-24,29,33H,4,8,11-16H2,1-3H3,(H,30,34)/t19?,20?,22-,23-,24?,29+/m0/s1. The topological polar surface area (TPSA) is 94.7 Å². The van der Waals surface area contributed by atoms with Crippen molar-refractivity contribution in [1.82, 2.24) is 14.7 Å². The highest BCUT2D eigenvalue weighted by Crippen LogP contribution is 2.45. The van der Waals surface area contributed by atoms with Gasteiger partial charge in [0.1, 0.15) is 0 Å². The Labute approximate surface area is 218 Å². The first-order valence-electron chi connectivity index (χ1n) is 13.7. The van der Waals surface area contributed by atoms with Crippen molar-refractivity contribution in [3.63, 3.8) is 0 Å². The van der Waals surface area contributed by atoms with Crippen molar-refractivity contribution in [3.05, 3.63) is 63.8 Å². The fraction of sp³-hybridized carbons (Fsp3) is 0.586. The van der Waals surface area contributed by atoms with Crippen LogP contribution < -0.4 is 10.9 Å². The Balaban J connectivity index is 1.54. The maximum atomic E-state index is 13.9. The highest BCUT2D eigenvalue weighted by atomic mass is 16.7. The largest absolute Gasteiger partial charge is 0.459 e. The molecule has 0 radical (unpaired) electrons. The summed E-state index contributed by atoms with van der Waals surface area (Å²) >= 11 is 0. The van der Waals surface area contributed by atoms with Crippen LogP contribution in [0.5, 0.6) is 0 Å². The van der Waals surface area contributed by atoms with Crippen LogP contribution in [0, 0.1) is 24.7 Å². The molecule has 3 aliphatic rings. The molecule has 2 saturated carbocycles. The molecule has 2 N–H and O–H groups in total. The lowest BCUT2D eigenvalue weighted by molar-refractivity contribution is -0.167. The van der Waals surface area contributed by atoms with E-state index < -0.39 is 6.29 Å². The third kappa shape index (κ3) is 4.89. The molecule has 200 valence electrons. The number of aromatic nitrogens is 2. The first kappa shape index (κ1) is 25.8. The van der Waals surface area contributed by atoms with E-state index >= 15 is 0 Å². The van der Waals surface area contributed by atoms with Crippen LogP contribution in [0.3, 0.4) is 0 Å². The zero-order valence-corrected chi connectivity index (χ0v) is 22.1. The number of amides is 1. The molecule has 8 nitrogen and oxygen atoms in total. The minimum Gasteiger partial charge on any atom is -0.459 e. The molecule has 37 heavy (non-hydrogen) atoms. The van der Waals surface area contributed by atoms with Gasteiger partial charge in [-0.25, -0.2) is 4.68 Å². The number of hydrogen-bond donors (Lipinski definition) is 2. The molecule has 2 fully saturated rings. The molecule has 2 aromatic rings. The van der Waals surface area contributed by atoms with Crippen molar-refractivity contribution in [2.24, 2.45) is 24.8 Å². The molecule has 1 amide bonds. The van der Waals surface area contributed by atoms with Crippen molar-refractivity contribution >= 4 is 5.91 Å². The number of rotatable bonds is 9. The Morgan fingerprint density at radius 2 is 2.00 bits per heavy atom. The molecule has 6 atom stereocenters. The van der Waals surface area contributed by atoms with Crippen LogP contribution in [-0.2, 0) is 21.3 Å². The minimum atomic E-state index is -0.684. The van der Waals surface area contributed by atoms with Crippen molar-refractivity contribution < 1.29 is 19.4 Å². The fourth-order valence-corrected chi connectivity index (χ4v) is 6.73. The first-order chi connectivity index (χ1) is 17.9. The third-order valence-corrected chi connectivity index (χ3v) is 8.62. The Morgan fingerprint density at radius 1 is 1.22 bits per heavy atom. The number of hydrogen-bond acceptors (Lipinski definition) is 5. The van der Waals surface area contributed by atoms with Crippen molar-refractivity contribution in [1.29, 1.82) is 0 Å². The zero-order valence-electron chi connectivity index (χ0n) is 22.1. The highest BCUT2D eigenvalue weighted by molar-refractivity contribution is 5.92. The van der Waals surface area contributed by atoms with E-state index in [0.29, 0.717) is 36.8 Å². The van der Waals surface area contributed by atoms with E-state index in [1.54, 1.807) is 4.68 Å². The van der Waals surface area contributed by atoms with E-state index in [1.807, 2.05) is 62.0 Å². The number of benzene rings is 1. The van der Waals surface area contributed by atoms with E-state index in [9.17, 15) is 14.7 Å². The number of carbonyl (C=O) groups excluding carboxylic acids is 1. The average molecular weight is 510 g/mol. The van der Waals surface area contributed by atoms with Gasteiger partial charge in [0.15, 0.2) is 5.76 Å². The first-order valence-corrected chi connectivity index (χ1v) is 13.7. The predicted octanol–water partition coefficient (Wildman–Crippen LogP) is 3.54. The molecule has 2 aliphatic carbocycles. The third-order valence-electron chi connectivity index (χ3n) is 8.62. The highest BCUT2D eigenvalue weighted by Gasteiger charge is 2.43. The summed E-state index contributed by atoms with van der Waals surface area (Å²) in [6.45, 7) is 4.28. The van der Waals surface area contributed by atoms with E-state index in [0.717, 1.165) is 17.8 Å². The zero-order chi connectivity index (χ0) is 26.1. The number of nitrogens with zero attached hydrogens (tertiary/aromatic N) is 2. The molecular formula is C29H39N3O5. The summed E-state index contributed by atoms with van der Waals surface area (Å²) < 4.78 is 15.7. The van der Waals surface area contributed by atoms with Gasteiger partial charge in [0, 0.05) is 49.4 Å². The molecule has 2 bridgehead atoms. The van der Waals surface area contributed by atoms with Gasteiger partial charge in [-0.2, -0.15) is 0 Å². The normalized spacial score (nSPS) is 28.7. The summed E-state index contributed by atoms with van der Waals surface area (Å²) in [5.74, 6) is 0.644. The van der Waals surface area contributed by atoms with Gasteiger partial charge in [-0.1, -0.05) is 24.6 Å². The van der Waals surface area contributed by atoms with Crippen LogP contribution >= 0.6 is 0 Å². The van der Waals surface area contributed by atoms with Crippen LogP contribution in [0.15, 0.2) is 47.0 Å². The Bertz CT molecular complexity index is 1200. The van der Waals surface area contributed by atoms with Gasteiger partial charge < -0.3 is 19.9 Å². The van der Waals surface area contributed by atoms with E-state index in [2.05, 4.69) is 5.32 Å². The van der Waals surface area contributed by atoms with Gasteiger partial charge in [-0.05, 0) is 76.0 Å². The van der Waals surface area contributed by atoms with Crippen LogP contribution in [0.2, 0.25) is 0 Å². The van der Waals surface area contributed by atoms with Crippen LogP contribution in [0.25, 0.3) is 5.69 Å². The number of allylic oxidation sites excluding steroid dienone is 1. The Kier molecular flexibility index (Phi) is 7.58. The van der Waals surface area contributed by atoms with E-state index in [4.69, 9.17) is 9.47 Å². The number of nitrogens with one attached hydrogen (secondary N) is 1. The monoisotopic (exact) mass is 509 g/mol. The molecular weight excluding hydrogens is 470 g/mol. The lowest BCUT2D eigenvalue weighted by Crippen LogP contribution is -2.43. The van der Waals surface area contributed by atoms with Crippen molar-refractivity contribution in [2.45, 2.75) is 70.6 Å². The average Bonchev–Trinajstić information content (AvgIpc) is 3.57. The SMILES string of the molecule is CCO[C@@H]1OC(C(=O)NC2CC3CCC2C3)=C[C@H](c2c(C)n(C)n(-c3ccccc3)c2=O)[C@@H]1CCCO. The number of ether oxygens (including phenoxy) is 2. The number of para-hydroxylation sites is 1. The van der Waals surface area contributed by atoms with Gasteiger partial charge in [-0.15, -0.1) is 0 Å². The maximum absolute atomic E-state index is 13.9. The summed E-state index contributed by atoms with van der Waals surface area (Å²) in [7, 11) is 1.88. The summed E-state index contributed by atoms with van der Waals surface area (Å²) in [6, 6.07) is 9.73. The molecule has 5 rings (SSSR count). The molecule has 0 spiro atoms. The molecule has 3 unspecified atom stereocenters. The molecule has 1 aromatic carbocycles. The van der Waals surface area contributed by atoms with Gasteiger partial charge in [0.05, 0.1) is 5.69 Å². The smallest absolute Gasteiger partial charge is 0.286 e. The second-order valence-corrected chi connectivity index (χ2v) is 10.8. The van der Waals surface area contributed by atoms with E-state index in [-0.39, 0.29) is 41.7 Å². The quantitative estimate of drug-likeness (QED) is 0.539. The van der Waals surface area contributed by atoms with Crippen molar-refractivity contribution in [2.75, 3.05) is 13.2 Å². The minimum absolute atomic E-state index is 0.0331. The molecule has 0 saturated heterocycles. The lowest BCUT2D eigenvalue weighted by atomic mass is 9.80. The predicted molar refractivity (Wildman–Crippen MR) is 140 cm³/mol. The van der Waals surface area contributed by atoms with Gasteiger partial charge in [0.2, 0.25) is 6.29 Å². The van der Waals surface area contributed by atoms with Crippen LogP contribution in [-0.4, -0.2) is 45.9 Å². The second-order valence-electron chi connectivity index (χ2n) is 10.8. The molecule has 1 aromatic heterocycles. The Morgan fingerprint density at radius 3 is 2.65 bits per heavy atom. The van der Waals surface area contributed by atoms with Gasteiger partial charge in [0.25, 0.3) is 11.5 Å². The second kappa shape index (κ2) is 10.9. The summed E-state index contributed by atoms with van der Waals surface area (Å²) in [4.78, 5) is 27.4. The summed E-state index contributed by atoms with van der Waals surface area (Å²) in [5, 5.41) is 12.8. The molecule has 1 aliphatic heterocycles. The van der Waals surface area contributed by atoms with Crippen molar-refractivity contribution in [3.8, 4) is 5.69 Å². The summed E-state index contributed by atoms with van der Waals surface area (Å²) in [5.41, 5.74) is 2.12. The fourth-order valence-electron chi connectivity index (χ4n) is 6.73. The van der Waals surface area contributed by atoms with Crippen LogP contribution in [0.4, 0.5) is 0 Å². The maximum Gasteiger partial charge on any atom is 0.286 e. The number of aliphatic hydroxyl groups is 1. The Hall–Kier alpha value is -2.84. The number of carbonyl (C=O) groups is 1. The molecule has 2 heterocycles. The number of aliphatic hydroxyl groups excluding tert-OH is 1. The van der Waals surface area contributed by atoms with Crippen LogP contribution in [0.1, 0.15) is 62.6 Å².